The molecule has 0 aliphatic carbocycles. The van der Waals surface area contributed by atoms with Gasteiger partial charge in [0.1, 0.15) is 23.2 Å². The normalized spacial score (nSPS) is 12.0. The average molecular weight is 407 g/mol. The lowest BCUT2D eigenvalue weighted by Gasteiger charge is -2.05. The van der Waals surface area contributed by atoms with Crippen LogP contribution in [-0.2, 0) is 0 Å². The van der Waals surface area contributed by atoms with Gasteiger partial charge in [-0.15, -0.1) is 10.2 Å². The molecular weight excluding hydrogens is 393 g/mol. The predicted molar refractivity (Wildman–Crippen MR) is 108 cm³/mol. The molecular formula is C19H14FN7OS. The van der Waals surface area contributed by atoms with Gasteiger partial charge in [0.05, 0.1) is 22.3 Å². The highest BCUT2D eigenvalue weighted by Crippen LogP contribution is 2.26. The smallest absolute Gasteiger partial charge is 0.210 e. The van der Waals surface area contributed by atoms with Crippen LogP contribution >= 0.6 is 11.8 Å². The van der Waals surface area contributed by atoms with E-state index in [-0.39, 0.29) is 39.5 Å². The number of benzene rings is 2. The van der Waals surface area contributed by atoms with E-state index in [1.807, 2.05) is 24.3 Å². The number of allylic oxidation sites excluding steroid dienone is 1. The number of thioether (sulfide) groups is 1. The summed E-state index contributed by atoms with van der Waals surface area (Å²) in [4.78, 5) is 7.33. The summed E-state index contributed by atoms with van der Waals surface area (Å²) in [5.74, 6) is 5.76. The van der Waals surface area contributed by atoms with Crippen LogP contribution in [0.3, 0.4) is 0 Å². The van der Waals surface area contributed by atoms with Crippen LogP contribution < -0.4 is 5.84 Å². The van der Waals surface area contributed by atoms with Crippen molar-refractivity contribution < 1.29 is 9.50 Å². The zero-order valence-electron chi connectivity index (χ0n) is 14.9. The third-order valence-corrected chi connectivity index (χ3v) is 5.10. The molecule has 0 bridgehead atoms. The number of para-hydroxylation sites is 2. The van der Waals surface area contributed by atoms with Crippen LogP contribution in [0.1, 0.15) is 5.82 Å². The zero-order valence-corrected chi connectivity index (χ0v) is 15.7. The van der Waals surface area contributed by atoms with Gasteiger partial charge in [-0.25, -0.2) is 14.1 Å². The van der Waals surface area contributed by atoms with Crippen molar-refractivity contribution in [1.82, 2.24) is 24.8 Å². The minimum Gasteiger partial charge on any atom is -0.510 e. The van der Waals surface area contributed by atoms with Crippen LogP contribution in [-0.4, -0.2) is 35.7 Å². The van der Waals surface area contributed by atoms with Gasteiger partial charge in [-0.2, -0.15) is 5.26 Å². The number of nitrogens with one attached hydrogen (secondary N) is 1. The summed E-state index contributed by atoms with van der Waals surface area (Å²) in [7, 11) is 0. The molecule has 0 amide bonds. The van der Waals surface area contributed by atoms with Crippen LogP contribution in [0, 0.1) is 17.1 Å². The maximum absolute atomic E-state index is 14.0. The number of nitrogens with two attached hydrogens (primary N) is 1. The molecule has 0 aliphatic rings. The first-order chi connectivity index (χ1) is 14.1. The Morgan fingerprint density at radius 1 is 1.21 bits per heavy atom. The second-order valence-corrected chi connectivity index (χ2v) is 6.92. The standard InChI is InChI=1S/C19H14FN7OS/c20-13-6-2-1-5-11(13)18-25-26-19(27(18)22)29-10-16(28)12(9-21)17-23-14-7-3-4-8-15(14)24-17/h1-8,28H,10,22H2,(H,23,24). The van der Waals surface area contributed by atoms with Crippen LogP contribution in [0.2, 0.25) is 0 Å². The van der Waals surface area contributed by atoms with Crippen molar-refractivity contribution in [1.29, 1.82) is 5.26 Å². The topological polar surface area (TPSA) is 129 Å². The number of rotatable bonds is 5. The number of hydrogen-bond donors (Lipinski definition) is 3. The first-order valence-electron chi connectivity index (χ1n) is 8.44. The maximum atomic E-state index is 14.0. The summed E-state index contributed by atoms with van der Waals surface area (Å²) in [6.45, 7) is 0. The Bertz CT molecular complexity index is 1240. The minimum absolute atomic E-state index is 0.00649. The number of H-pyrrole nitrogens is 1. The Labute approximate surface area is 168 Å². The summed E-state index contributed by atoms with van der Waals surface area (Å²) in [5.41, 5.74) is 1.68. The SMILES string of the molecule is N#CC(=C(O)CSc1nnc(-c2ccccc2F)n1N)c1nc2ccccc2[nH]1. The Balaban J connectivity index is 1.58. The van der Waals surface area contributed by atoms with Crippen LogP contribution in [0.5, 0.6) is 0 Å². The maximum Gasteiger partial charge on any atom is 0.210 e. The van der Waals surface area contributed by atoms with E-state index < -0.39 is 5.82 Å². The second kappa shape index (κ2) is 7.65. The summed E-state index contributed by atoms with van der Waals surface area (Å²) in [6, 6.07) is 15.4. The predicted octanol–water partition coefficient (Wildman–Crippen LogP) is 3.26. The Kier molecular flexibility index (Phi) is 4.88. The number of fused-ring (bicyclic) bond motifs is 1. The van der Waals surface area contributed by atoms with Gasteiger partial charge >= 0.3 is 0 Å². The lowest BCUT2D eigenvalue weighted by Crippen LogP contribution is -2.12. The van der Waals surface area contributed by atoms with E-state index in [0.29, 0.717) is 5.52 Å². The second-order valence-electron chi connectivity index (χ2n) is 5.98. The molecule has 10 heteroatoms. The van der Waals surface area contributed by atoms with Gasteiger partial charge in [0.15, 0.2) is 11.6 Å². The number of nitrogen functional groups attached to an aromatic ring is 1. The molecule has 0 aliphatic heterocycles. The van der Waals surface area contributed by atoms with Crippen LogP contribution in [0.15, 0.2) is 59.4 Å². The fourth-order valence-electron chi connectivity index (χ4n) is 2.73. The molecule has 29 heavy (non-hydrogen) atoms. The number of aliphatic hydroxyl groups excluding tert-OH is 1. The third kappa shape index (κ3) is 3.51. The molecule has 2 aromatic carbocycles. The van der Waals surface area contributed by atoms with Gasteiger partial charge in [0.25, 0.3) is 0 Å². The van der Waals surface area contributed by atoms with E-state index in [0.717, 1.165) is 22.0 Å². The molecule has 0 saturated carbocycles. The van der Waals surface area contributed by atoms with Gasteiger partial charge in [-0.3, -0.25) is 0 Å². The first kappa shape index (κ1) is 18.5. The number of nitriles is 1. The molecule has 144 valence electrons. The van der Waals surface area contributed by atoms with Gasteiger partial charge < -0.3 is 15.9 Å². The number of imidazole rings is 1. The molecule has 0 spiro atoms. The van der Waals surface area contributed by atoms with E-state index >= 15 is 0 Å². The van der Waals surface area contributed by atoms with Crippen molar-refractivity contribution in [3.8, 4) is 17.5 Å². The zero-order chi connectivity index (χ0) is 20.4. The van der Waals surface area contributed by atoms with Crippen molar-refractivity contribution >= 4 is 28.4 Å². The van der Waals surface area contributed by atoms with Crippen molar-refractivity contribution in [3.63, 3.8) is 0 Å². The molecule has 0 saturated heterocycles. The Morgan fingerprint density at radius 3 is 2.72 bits per heavy atom. The van der Waals surface area contributed by atoms with E-state index in [1.165, 1.54) is 6.07 Å². The highest BCUT2D eigenvalue weighted by atomic mass is 32.2. The van der Waals surface area contributed by atoms with Crippen molar-refractivity contribution in [3.05, 3.63) is 65.9 Å². The first-order valence-corrected chi connectivity index (χ1v) is 9.42. The molecule has 0 fully saturated rings. The van der Waals surface area contributed by atoms with E-state index in [1.54, 1.807) is 24.3 Å². The van der Waals surface area contributed by atoms with Gasteiger partial charge in [0, 0.05) is 0 Å². The van der Waals surface area contributed by atoms with Gasteiger partial charge in [-0.05, 0) is 24.3 Å². The molecule has 0 radical (unpaired) electrons. The molecule has 2 aromatic heterocycles. The van der Waals surface area contributed by atoms with E-state index in [2.05, 4.69) is 20.2 Å². The quantitative estimate of drug-likeness (QED) is 0.200. The Hall–Kier alpha value is -3.84. The van der Waals surface area contributed by atoms with Gasteiger partial charge in [0.2, 0.25) is 5.16 Å². The van der Waals surface area contributed by atoms with Crippen molar-refractivity contribution in [2.75, 3.05) is 11.6 Å². The largest absolute Gasteiger partial charge is 0.510 e. The number of aromatic nitrogens is 5. The highest BCUT2D eigenvalue weighted by Gasteiger charge is 2.18. The summed E-state index contributed by atoms with van der Waals surface area (Å²) in [5, 5.41) is 28.0. The molecule has 2 heterocycles. The lowest BCUT2D eigenvalue weighted by atomic mass is 10.2. The molecule has 0 atom stereocenters. The minimum atomic E-state index is -0.470. The summed E-state index contributed by atoms with van der Waals surface area (Å²) >= 11 is 1.06. The molecule has 4 N–H and O–H groups in total. The Morgan fingerprint density at radius 2 is 1.97 bits per heavy atom. The van der Waals surface area contributed by atoms with Crippen molar-refractivity contribution in [2.45, 2.75) is 5.16 Å². The summed E-state index contributed by atoms with van der Waals surface area (Å²) < 4.78 is 15.1. The molecule has 4 aromatic rings. The molecule has 8 nitrogen and oxygen atoms in total. The summed E-state index contributed by atoms with van der Waals surface area (Å²) in [6.07, 6.45) is 0. The number of halogens is 1. The molecule has 4 rings (SSSR count). The van der Waals surface area contributed by atoms with Crippen molar-refractivity contribution in [2.24, 2.45) is 0 Å². The van der Waals surface area contributed by atoms with E-state index in [4.69, 9.17) is 5.84 Å². The number of nitrogens with zero attached hydrogens (tertiary/aromatic N) is 5. The molecule has 0 unspecified atom stereocenters. The number of aliphatic hydroxyl groups is 1. The lowest BCUT2D eigenvalue weighted by molar-refractivity contribution is 0.420. The fourth-order valence-corrected chi connectivity index (χ4v) is 3.47. The number of aromatic amines is 1. The highest BCUT2D eigenvalue weighted by molar-refractivity contribution is 7.99. The third-order valence-electron chi connectivity index (χ3n) is 4.14. The van der Waals surface area contributed by atoms with Crippen LogP contribution in [0.25, 0.3) is 28.0 Å². The average Bonchev–Trinajstić information content (AvgIpc) is 3.31. The fraction of sp³-hybridized carbons (Fsp3) is 0.0526. The number of hydrogen-bond acceptors (Lipinski definition) is 7. The monoisotopic (exact) mass is 407 g/mol. The van der Waals surface area contributed by atoms with Crippen LogP contribution in [0.4, 0.5) is 4.39 Å². The van der Waals surface area contributed by atoms with E-state index in [9.17, 15) is 14.8 Å². The van der Waals surface area contributed by atoms with Gasteiger partial charge in [-0.1, -0.05) is 36.0 Å².